The molecule has 1 aromatic carbocycles. The number of rotatable bonds is 6. The summed E-state index contributed by atoms with van der Waals surface area (Å²) >= 11 is 0. The lowest BCUT2D eigenvalue weighted by atomic mass is 9.79. The maximum atomic E-state index is 12.3. The van der Waals surface area contributed by atoms with Crippen molar-refractivity contribution in [2.45, 2.75) is 57.9 Å². The lowest BCUT2D eigenvalue weighted by Crippen LogP contribution is -2.39. The zero-order chi connectivity index (χ0) is 16.9. The molecule has 0 saturated carbocycles. The molecule has 0 aliphatic carbocycles. The van der Waals surface area contributed by atoms with E-state index in [0.717, 1.165) is 32.4 Å². The minimum absolute atomic E-state index is 0.0709. The average molecular weight is 316 g/mol. The maximum absolute atomic E-state index is 12.3. The highest BCUT2D eigenvalue weighted by Crippen LogP contribution is 2.28. The van der Waals surface area contributed by atoms with Crippen LogP contribution in [-0.4, -0.2) is 37.0 Å². The van der Waals surface area contributed by atoms with E-state index in [0.29, 0.717) is 12.3 Å². The molecule has 1 atom stereocenters. The molecule has 1 heterocycles. The molecule has 1 amide bonds. The number of carbonyl (C=O) groups excluding carboxylic acids is 1. The van der Waals surface area contributed by atoms with Gasteiger partial charge in [0.2, 0.25) is 5.91 Å². The van der Waals surface area contributed by atoms with Crippen LogP contribution >= 0.6 is 0 Å². The van der Waals surface area contributed by atoms with Crippen LogP contribution in [0.2, 0.25) is 0 Å². The first-order valence-corrected chi connectivity index (χ1v) is 8.90. The molecule has 0 spiro atoms. The number of nitrogens with one attached hydrogen (secondary N) is 1. The Kier molecular flexibility index (Phi) is 6.23. The molecule has 1 unspecified atom stereocenters. The topological polar surface area (TPSA) is 32.3 Å². The second-order valence-electron chi connectivity index (χ2n) is 7.87. The van der Waals surface area contributed by atoms with E-state index in [9.17, 15) is 4.79 Å². The minimum Gasteiger partial charge on any atom is -0.354 e. The zero-order valence-corrected chi connectivity index (χ0v) is 15.1. The summed E-state index contributed by atoms with van der Waals surface area (Å²) in [5, 5.41) is 3.21. The lowest BCUT2D eigenvalue weighted by Gasteiger charge is -2.31. The Labute approximate surface area is 141 Å². The molecule has 1 aliphatic heterocycles. The highest BCUT2D eigenvalue weighted by Gasteiger charge is 2.25. The Hall–Kier alpha value is -1.35. The molecular weight excluding hydrogens is 284 g/mol. The van der Waals surface area contributed by atoms with Crippen LogP contribution in [0.3, 0.4) is 0 Å². The predicted molar refractivity (Wildman–Crippen MR) is 96.5 cm³/mol. The molecular formula is C20H32N2O. The fourth-order valence-corrected chi connectivity index (χ4v) is 3.69. The number of piperidine rings is 1. The molecule has 3 heteroatoms. The summed E-state index contributed by atoms with van der Waals surface area (Å²) in [6, 6.07) is 10.8. The van der Waals surface area contributed by atoms with Crippen LogP contribution < -0.4 is 5.32 Å². The summed E-state index contributed by atoms with van der Waals surface area (Å²) in [4.78, 5) is 14.6. The van der Waals surface area contributed by atoms with Gasteiger partial charge < -0.3 is 10.2 Å². The lowest BCUT2D eigenvalue weighted by molar-refractivity contribution is -0.123. The molecule has 0 bridgehead atoms. The van der Waals surface area contributed by atoms with Crippen molar-refractivity contribution in [1.82, 2.24) is 10.2 Å². The number of hydrogen-bond acceptors (Lipinski definition) is 2. The number of amides is 1. The molecule has 3 nitrogen and oxygen atoms in total. The van der Waals surface area contributed by atoms with Crippen LogP contribution in [0.25, 0.3) is 0 Å². The van der Waals surface area contributed by atoms with Gasteiger partial charge in [-0.2, -0.15) is 0 Å². The van der Waals surface area contributed by atoms with Crippen LogP contribution in [-0.2, 0) is 10.2 Å². The Morgan fingerprint density at radius 3 is 2.48 bits per heavy atom. The fourth-order valence-electron chi connectivity index (χ4n) is 3.69. The van der Waals surface area contributed by atoms with Crippen molar-refractivity contribution >= 4 is 5.91 Å². The average Bonchev–Trinajstić information content (AvgIpc) is 2.49. The van der Waals surface area contributed by atoms with E-state index < -0.39 is 0 Å². The number of benzene rings is 1. The Morgan fingerprint density at radius 2 is 1.87 bits per heavy atom. The van der Waals surface area contributed by atoms with Gasteiger partial charge in [0.25, 0.3) is 0 Å². The SMILES string of the molecule is CC(CC(C)(C)c1ccccc1)NC(=O)CC1CCN(C)CC1. The van der Waals surface area contributed by atoms with E-state index in [-0.39, 0.29) is 17.4 Å². The van der Waals surface area contributed by atoms with Crippen molar-refractivity contribution in [1.29, 1.82) is 0 Å². The van der Waals surface area contributed by atoms with Crippen molar-refractivity contribution in [3.05, 3.63) is 35.9 Å². The summed E-state index contributed by atoms with van der Waals surface area (Å²) in [7, 11) is 2.16. The molecule has 1 fully saturated rings. The third kappa shape index (κ3) is 5.65. The summed E-state index contributed by atoms with van der Waals surface area (Å²) < 4.78 is 0. The molecule has 0 radical (unpaired) electrons. The summed E-state index contributed by atoms with van der Waals surface area (Å²) in [5.74, 6) is 0.774. The number of nitrogens with zero attached hydrogens (tertiary/aromatic N) is 1. The number of carbonyl (C=O) groups is 1. The maximum Gasteiger partial charge on any atom is 0.220 e. The van der Waals surface area contributed by atoms with E-state index in [1.54, 1.807) is 0 Å². The Bertz CT molecular complexity index is 490. The van der Waals surface area contributed by atoms with Crippen molar-refractivity contribution in [3.8, 4) is 0 Å². The van der Waals surface area contributed by atoms with Crippen LogP contribution in [0.5, 0.6) is 0 Å². The first kappa shape index (κ1) is 18.0. The molecule has 23 heavy (non-hydrogen) atoms. The number of hydrogen-bond donors (Lipinski definition) is 1. The van der Waals surface area contributed by atoms with E-state index in [1.165, 1.54) is 5.56 Å². The van der Waals surface area contributed by atoms with Gasteiger partial charge in [0.15, 0.2) is 0 Å². The van der Waals surface area contributed by atoms with Gasteiger partial charge in [-0.15, -0.1) is 0 Å². The monoisotopic (exact) mass is 316 g/mol. The molecule has 0 aromatic heterocycles. The third-order valence-electron chi connectivity index (χ3n) is 5.09. The first-order valence-electron chi connectivity index (χ1n) is 8.90. The van der Waals surface area contributed by atoms with Crippen LogP contribution in [0, 0.1) is 5.92 Å². The largest absolute Gasteiger partial charge is 0.354 e. The standard InChI is InChI=1S/C20H32N2O/c1-16(15-20(2,3)18-8-6-5-7-9-18)21-19(23)14-17-10-12-22(4)13-11-17/h5-9,16-17H,10-15H2,1-4H3,(H,21,23). The van der Waals surface area contributed by atoms with Crippen molar-refractivity contribution in [2.24, 2.45) is 5.92 Å². The molecule has 1 N–H and O–H groups in total. The minimum atomic E-state index is 0.0709. The molecule has 2 rings (SSSR count). The van der Waals surface area contributed by atoms with Crippen molar-refractivity contribution < 1.29 is 4.79 Å². The van der Waals surface area contributed by atoms with Crippen molar-refractivity contribution in [3.63, 3.8) is 0 Å². The molecule has 1 saturated heterocycles. The van der Waals surface area contributed by atoms with Crippen molar-refractivity contribution in [2.75, 3.05) is 20.1 Å². The van der Waals surface area contributed by atoms with E-state index >= 15 is 0 Å². The van der Waals surface area contributed by atoms with Gasteiger partial charge in [0.1, 0.15) is 0 Å². The highest BCUT2D eigenvalue weighted by atomic mass is 16.1. The summed E-state index contributed by atoms with van der Waals surface area (Å²) in [5.41, 5.74) is 1.40. The van der Waals surface area contributed by atoms with E-state index in [2.05, 4.69) is 62.3 Å². The quantitative estimate of drug-likeness (QED) is 0.870. The first-order chi connectivity index (χ1) is 10.9. The summed E-state index contributed by atoms with van der Waals surface area (Å²) in [6.45, 7) is 8.87. The highest BCUT2D eigenvalue weighted by molar-refractivity contribution is 5.76. The second kappa shape index (κ2) is 7.96. The predicted octanol–water partition coefficient (Wildman–Crippen LogP) is 3.59. The van der Waals surface area contributed by atoms with Gasteiger partial charge in [0.05, 0.1) is 0 Å². The smallest absolute Gasteiger partial charge is 0.220 e. The Balaban J connectivity index is 1.79. The van der Waals surface area contributed by atoms with Crippen LogP contribution in [0.15, 0.2) is 30.3 Å². The fraction of sp³-hybridized carbons (Fsp3) is 0.650. The van der Waals surface area contributed by atoms with Crippen LogP contribution in [0.4, 0.5) is 0 Å². The zero-order valence-electron chi connectivity index (χ0n) is 15.1. The molecule has 1 aromatic rings. The third-order valence-corrected chi connectivity index (χ3v) is 5.09. The van der Waals surface area contributed by atoms with Gasteiger partial charge in [-0.05, 0) is 63.2 Å². The molecule has 1 aliphatic rings. The number of likely N-dealkylation sites (tertiary alicyclic amines) is 1. The Morgan fingerprint density at radius 1 is 1.26 bits per heavy atom. The van der Waals surface area contributed by atoms with Gasteiger partial charge in [-0.25, -0.2) is 0 Å². The van der Waals surface area contributed by atoms with E-state index in [4.69, 9.17) is 0 Å². The van der Waals surface area contributed by atoms with E-state index in [1.807, 2.05) is 6.07 Å². The summed E-state index contributed by atoms with van der Waals surface area (Å²) in [6.07, 6.45) is 3.93. The van der Waals surface area contributed by atoms with Gasteiger partial charge in [0, 0.05) is 12.5 Å². The van der Waals surface area contributed by atoms with Gasteiger partial charge in [-0.1, -0.05) is 44.2 Å². The normalized spacial score (nSPS) is 18.6. The second-order valence-corrected chi connectivity index (χ2v) is 7.87. The van der Waals surface area contributed by atoms with Gasteiger partial charge >= 0.3 is 0 Å². The van der Waals surface area contributed by atoms with Gasteiger partial charge in [-0.3, -0.25) is 4.79 Å². The van der Waals surface area contributed by atoms with Crippen LogP contribution in [0.1, 0.15) is 52.0 Å². The molecule has 128 valence electrons.